The minimum Gasteiger partial charge on any atom is -0.389 e. The van der Waals surface area contributed by atoms with Crippen LogP contribution in [0.5, 0.6) is 0 Å². The van der Waals surface area contributed by atoms with Gasteiger partial charge in [0.05, 0.1) is 23.9 Å². The Balaban J connectivity index is 1.84. The van der Waals surface area contributed by atoms with E-state index in [1.54, 1.807) is 0 Å². The van der Waals surface area contributed by atoms with Crippen molar-refractivity contribution in [3.8, 4) is 10.6 Å². The van der Waals surface area contributed by atoms with Gasteiger partial charge < -0.3 is 10.4 Å². The lowest BCUT2D eigenvalue weighted by Crippen LogP contribution is -2.42. The first-order valence-corrected chi connectivity index (χ1v) is 11.1. The molecule has 0 amide bonds. The van der Waals surface area contributed by atoms with E-state index in [0.29, 0.717) is 24.2 Å². The highest BCUT2D eigenvalue weighted by atomic mass is 32.2. The molecule has 2 aromatic heterocycles. The Morgan fingerprint density at radius 1 is 1.31 bits per heavy atom. The molecule has 0 radical (unpaired) electrons. The summed E-state index contributed by atoms with van der Waals surface area (Å²) in [4.78, 5) is 10.4. The molecule has 1 aliphatic rings. The largest absolute Gasteiger partial charge is 0.434 e. The Morgan fingerprint density at radius 2 is 1.97 bits per heavy atom. The molecule has 8 nitrogen and oxygen atoms in total. The molecule has 2 aromatic rings. The summed E-state index contributed by atoms with van der Waals surface area (Å²) >= 11 is 0.499. The Morgan fingerprint density at radius 3 is 2.52 bits per heavy atom. The first-order chi connectivity index (χ1) is 13.5. The molecule has 3 heterocycles. The number of aromatic nitrogens is 3. The highest BCUT2D eigenvalue weighted by molar-refractivity contribution is 7.88. The van der Waals surface area contributed by atoms with Gasteiger partial charge in [0, 0.05) is 19.1 Å². The second kappa shape index (κ2) is 8.08. The fourth-order valence-corrected chi connectivity index (χ4v) is 4.70. The summed E-state index contributed by atoms with van der Waals surface area (Å²) in [6, 6.07) is -0.220. The minimum atomic E-state index is -4.84. The molecule has 2 N–H and O–H groups in total. The molecule has 1 aliphatic heterocycles. The van der Waals surface area contributed by atoms with Crippen molar-refractivity contribution in [2.45, 2.75) is 31.7 Å². The standard InChI is InChI=1S/C15H17F4N5O3S2/c1-29(26,27)24-4-2-8(3-5-24)21-14-20-6-9(16)11(23-14)12-13(15(17,18)19)22-10(7-25)28-12/h6,8,25H,2-5,7H2,1H3,(H,20,21,23). The van der Waals surface area contributed by atoms with Gasteiger partial charge in [-0.2, -0.15) is 13.2 Å². The third-order valence-corrected chi connectivity index (χ3v) is 6.64. The summed E-state index contributed by atoms with van der Waals surface area (Å²) in [7, 11) is -3.30. The minimum absolute atomic E-state index is 0.0775. The lowest BCUT2D eigenvalue weighted by Gasteiger charge is -2.30. The van der Waals surface area contributed by atoms with Crippen molar-refractivity contribution < 1.29 is 31.1 Å². The summed E-state index contributed by atoms with van der Waals surface area (Å²) in [5.74, 6) is -1.13. The Labute approximate surface area is 167 Å². The van der Waals surface area contributed by atoms with Crippen molar-refractivity contribution in [3.05, 3.63) is 22.7 Å². The van der Waals surface area contributed by atoms with Gasteiger partial charge in [-0.25, -0.2) is 32.1 Å². The first kappa shape index (κ1) is 21.8. The Bertz CT molecular complexity index is 988. The number of halogens is 4. The predicted octanol–water partition coefficient (Wildman–Crippen LogP) is 2.09. The molecule has 160 valence electrons. The van der Waals surface area contributed by atoms with Crippen molar-refractivity contribution in [2.24, 2.45) is 0 Å². The number of rotatable bonds is 5. The SMILES string of the molecule is CS(=O)(=O)N1CCC(Nc2ncc(F)c(-c3sc(CO)nc3C(F)(F)F)n2)CC1. The number of nitrogens with one attached hydrogen (secondary N) is 1. The van der Waals surface area contributed by atoms with Crippen LogP contribution in [0.2, 0.25) is 0 Å². The number of thiazole rings is 1. The number of aliphatic hydroxyl groups excluding tert-OH is 1. The van der Waals surface area contributed by atoms with Gasteiger partial charge in [0.1, 0.15) is 10.7 Å². The maximum atomic E-state index is 14.2. The van der Waals surface area contributed by atoms with Gasteiger partial charge in [0.15, 0.2) is 11.5 Å². The average molecular weight is 455 g/mol. The van der Waals surface area contributed by atoms with Crippen LogP contribution >= 0.6 is 11.3 Å². The van der Waals surface area contributed by atoms with Crippen LogP contribution in [0.4, 0.5) is 23.5 Å². The van der Waals surface area contributed by atoms with Gasteiger partial charge in [0.2, 0.25) is 16.0 Å². The van der Waals surface area contributed by atoms with Crippen LogP contribution in [0.3, 0.4) is 0 Å². The van der Waals surface area contributed by atoms with Crippen molar-refractivity contribution in [1.82, 2.24) is 19.3 Å². The molecule has 0 bridgehead atoms. The second-order valence-electron chi connectivity index (χ2n) is 6.41. The van der Waals surface area contributed by atoms with Crippen molar-refractivity contribution in [3.63, 3.8) is 0 Å². The Kier molecular flexibility index (Phi) is 6.08. The van der Waals surface area contributed by atoms with Gasteiger partial charge in [0.25, 0.3) is 0 Å². The summed E-state index contributed by atoms with van der Waals surface area (Å²) in [5.41, 5.74) is -1.89. The number of aliphatic hydroxyl groups is 1. The molecule has 0 saturated carbocycles. The normalized spacial score (nSPS) is 16.9. The smallest absolute Gasteiger partial charge is 0.389 e. The second-order valence-corrected chi connectivity index (χ2v) is 9.48. The van der Waals surface area contributed by atoms with Crippen molar-refractivity contribution in [1.29, 1.82) is 0 Å². The number of piperidine rings is 1. The maximum Gasteiger partial charge on any atom is 0.434 e. The predicted molar refractivity (Wildman–Crippen MR) is 97.1 cm³/mol. The molecule has 14 heteroatoms. The highest BCUT2D eigenvalue weighted by Crippen LogP contribution is 2.40. The molecular weight excluding hydrogens is 438 g/mol. The molecule has 29 heavy (non-hydrogen) atoms. The van der Waals surface area contributed by atoms with Gasteiger partial charge >= 0.3 is 6.18 Å². The van der Waals surface area contributed by atoms with Gasteiger partial charge in [-0.15, -0.1) is 11.3 Å². The number of nitrogens with zero attached hydrogens (tertiary/aromatic N) is 4. The third-order valence-electron chi connectivity index (χ3n) is 4.29. The van der Waals surface area contributed by atoms with E-state index >= 15 is 0 Å². The number of alkyl halides is 3. The molecule has 0 unspecified atom stereocenters. The lowest BCUT2D eigenvalue weighted by atomic mass is 10.1. The summed E-state index contributed by atoms with van der Waals surface area (Å²) in [6.07, 6.45) is -2.10. The molecule has 0 aromatic carbocycles. The molecule has 3 rings (SSSR count). The van der Waals surface area contributed by atoms with Gasteiger partial charge in [-0.1, -0.05) is 0 Å². The average Bonchev–Trinajstić information content (AvgIpc) is 3.08. The summed E-state index contributed by atoms with van der Waals surface area (Å²) in [5, 5.41) is 11.8. The summed E-state index contributed by atoms with van der Waals surface area (Å²) in [6.45, 7) is -0.167. The van der Waals surface area contributed by atoms with Gasteiger partial charge in [-0.05, 0) is 12.8 Å². The van der Waals surface area contributed by atoms with Crippen LogP contribution < -0.4 is 5.32 Å². The van der Waals surface area contributed by atoms with E-state index in [9.17, 15) is 26.0 Å². The maximum absolute atomic E-state index is 14.2. The fourth-order valence-electron chi connectivity index (χ4n) is 2.89. The molecule has 1 saturated heterocycles. The van der Waals surface area contributed by atoms with E-state index in [1.165, 1.54) is 4.31 Å². The zero-order chi connectivity index (χ0) is 21.4. The molecular formula is C15H17F4N5O3S2. The zero-order valence-corrected chi connectivity index (χ0v) is 16.7. The van der Waals surface area contributed by atoms with E-state index < -0.39 is 44.9 Å². The van der Waals surface area contributed by atoms with Crippen LogP contribution in [-0.2, 0) is 22.8 Å². The van der Waals surface area contributed by atoms with Crippen molar-refractivity contribution >= 4 is 27.3 Å². The van der Waals surface area contributed by atoms with E-state index in [-0.39, 0.29) is 30.1 Å². The quantitative estimate of drug-likeness (QED) is 0.665. The Hall–Kier alpha value is -1.90. The topological polar surface area (TPSA) is 108 Å². The fraction of sp³-hybridized carbons (Fsp3) is 0.533. The number of hydrogen-bond acceptors (Lipinski definition) is 8. The van der Waals surface area contributed by atoms with E-state index in [0.717, 1.165) is 12.5 Å². The number of anilines is 1. The van der Waals surface area contributed by atoms with Crippen LogP contribution in [0.25, 0.3) is 10.6 Å². The van der Waals surface area contributed by atoms with Crippen LogP contribution in [-0.4, -0.2) is 58.2 Å². The van der Waals surface area contributed by atoms with E-state index in [2.05, 4.69) is 20.3 Å². The molecule has 1 fully saturated rings. The lowest BCUT2D eigenvalue weighted by molar-refractivity contribution is -0.140. The molecule has 0 spiro atoms. The van der Waals surface area contributed by atoms with E-state index in [1.807, 2.05) is 0 Å². The van der Waals surface area contributed by atoms with Crippen LogP contribution in [0.15, 0.2) is 6.20 Å². The zero-order valence-electron chi connectivity index (χ0n) is 15.1. The number of hydrogen-bond donors (Lipinski definition) is 2. The molecule has 0 atom stereocenters. The number of sulfonamides is 1. The third kappa shape index (κ3) is 4.99. The van der Waals surface area contributed by atoms with E-state index in [4.69, 9.17) is 5.11 Å². The monoisotopic (exact) mass is 455 g/mol. The van der Waals surface area contributed by atoms with Gasteiger partial charge in [-0.3, -0.25) is 0 Å². The van der Waals surface area contributed by atoms with Crippen LogP contribution in [0, 0.1) is 5.82 Å². The first-order valence-electron chi connectivity index (χ1n) is 8.41. The molecule has 0 aliphatic carbocycles. The highest BCUT2D eigenvalue weighted by Gasteiger charge is 2.39. The summed E-state index contributed by atoms with van der Waals surface area (Å²) < 4.78 is 78.4. The van der Waals surface area contributed by atoms with Crippen LogP contribution in [0.1, 0.15) is 23.5 Å². The van der Waals surface area contributed by atoms with Crippen molar-refractivity contribution in [2.75, 3.05) is 24.7 Å².